The lowest BCUT2D eigenvalue weighted by Gasteiger charge is -2.35. The molecule has 1 aromatic rings. The average molecular weight is 257 g/mol. The highest BCUT2D eigenvalue weighted by molar-refractivity contribution is 6.30. The van der Waals surface area contributed by atoms with Crippen LogP contribution in [-0.2, 0) is 6.54 Å². The second kappa shape index (κ2) is 5.34. The highest BCUT2D eigenvalue weighted by Crippen LogP contribution is 2.20. The van der Waals surface area contributed by atoms with Crippen molar-refractivity contribution in [2.24, 2.45) is 11.7 Å². The van der Waals surface area contributed by atoms with Crippen LogP contribution < -0.4 is 5.73 Å². The van der Waals surface area contributed by atoms with Crippen LogP contribution in [0.2, 0.25) is 5.02 Å². The Balaban J connectivity index is 2.03. The van der Waals surface area contributed by atoms with E-state index in [9.17, 15) is 4.39 Å². The maximum Gasteiger partial charge on any atom is 0.127 e. The maximum absolute atomic E-state index is 13.6. The van der Waals surface area contributed by atoms with E-state index in [2.05, 4.69) is 11.8 Å². The van der Waals surface area contributed by atoms with Crippen LogP contribution in [0.3, 0.4) is 0 Å². The molecule has 1 heterocycles. The van der Waals surface area contributed by atoms with E-state index in [0.717, 1.165) is 19.5 Å². The highest BCUT2D eigenvalue weighted by Gasteiger charge is 2.23. The molecular weight excluding hydrogens is 239 g/mol. The zero-order valence-corrected chi connectivity index (χ0v) is 10.8. The van der Waals surface area contributed by atoms with Gasteiger partial charge in [-0.25, -0.2) is 4.39 Å². The zero-order chi connectivity index (χ0) is 12.4. The standard InChI is InChI=1S/C13H18ClFN2/c1-9-4-5-17(8-13(9)16)7-10-6-11(14)2-3-12(10)15/h2-3,6,9,13H,4-5,7-8,16H2,1H3. The number of halogens is 2. The molecule has 2 atom stereocenters. The zero-order valence-electron chi connectivity index (χ0n) is 10.00. The van der Waals surface area contributed by atoms with Gasteiger partial charge >= 0.3 is 0 Å². The number of hydrogen-bond acceptors (Lipinski definition) is 2. The van der Waals surface area contributed by atoms with Gasteiger partial charge in [-0.2, -0.15) is 0 Å². The molecule has 2 N–H and O–H groups in total. The Morgan fingerprint density at radius 2 is 2.29 bits per heavy atom. The van der Waals surface area contributed by atoms with Gasteiger partial charge in [0.25, 0.3) is 0 Å². The van der Waals surface area contributed by atoms with E-state index >= 15 is 0 Å². The van der Waals surface area contributed by atoms with Crippen LogP contribution in [0.5, 0.6) is 0 Å². The fraction of sp³-hybridized carbons (Fsp3) is 0.538. The number of nitrogens with zero attached hydrogens (tertiary/aromatic N) is 1. The summed E-state index contributed by atoms with van der Waals surface area (Å²) in [5, 5.41) is 0.580. The molecule has 2 unspecified atom stereocenters. The van der Waals surface area contributed by atoms with Crippen molar-refractivity contribution in [3.8, 4) is 0 Å². The molecule has 0 aromatic heterocycles. The Bertz CT molecular complexity index is 397. The first-order valence-electron chi connectivity index (χ1n) is 5.98. The Morgan fingerprint density at radius 1 is 1.53 bits per heavy atom. The van der Waals surface area contributed by atoms with Crippen LogP contribution in [0.15, 0.2) is 18.2 Å². The minimum atomic E-state index is -0.193. The number of rotatable bonds is 2. The molecule has 0 bridgehead atoms. The molecule has 2 nitrogen and oxygen atoms in total. The summed E-state index contributed by atoms with van der Waals surface area (Å²) in [4.78, 5) is 2.19. The van der Waals surface area contributed by atoms with E-state index < -0.39 is 0 Å². The fourth-order valence-electron chi connectivity index (χ4n) is 2.22. The van der Waals surface area contributed by atoms with E-state index in [4.69, 9.17) is 17.3 Å². The molecule has 0 saturated carbocycles. The molecule has 0 radical (unpaired) electrons. The largest absolute Gasteiger partial charge is 0.326 e. The average Bonchev–Trinajstić information content (AvgIpc) is 2.29. The topological polar surface area (TPSA) is 29.3 Å². The van der Waals surface area contributed by atoms with Crippen molar-refractivity contribution in [2.45, 2.75) is 25.9 Å². The lowest BCUT2D eigenvalue weighted by Crippen LogP contribution is -2.47. The van der Waals surface area contributed by atoms with Gasteiger partial charge in [0.2, 0.25) is 0 Å². The summed E-state index contributed by atoms with van der Waals surface area (Å²) in [6.45, 7) is 4.56. The van der Waals surface area contributed by atoms with Crippen molar-refractivity contribution in [3.05, 3.63) is 34.6 Å². The van der Waals surface area contributed by atoms with Crippen LogP contribution >= 0.6 is 11.6 Å². The van der Waals surface area contributed by atoms with Crippen molar-refractivity contribution < 1.29 is 4.39 Å². The van der Waals surface area contributed by atoms with Gasteiger partial charge in [0.05, 0.1) is 0 Å². The number of nitrogens with two attached hydrogens (primary N) is 1. The van der Waals surface area contributed by atoms with Gasteiger partial charge in [0, 0.05) is 29.7 Å². The summed E-state index contributed by atoms with van der Waals surface area (Å²) in [6, 6.07) is 4.88. The number of likely N-dealkylation sites (tertiary alicyclic amines) is 1. The van der Waals surface area contributed by atoms with Crippen LogP contribution in [0.1, 0.15) is 18.9 Å². The quantitative estimate of drug-likeness (QED) is 0.882. The van der Waals surface area contributed by atoms with Crippen LogP contribution in [0.4, 0.5) is 4.39 Å². The predicted molar refractivity (Wildman–Crippen MR) is 68.4 cm³/mol. The molecular formula is C13H18ClFN2. The van der Waals surface area contributed by atoms with Crippen molar-refractivity contribution in [1.29, 1.82) is 0 Å². The molecule has 1 fully saturated rings. The van der Waals surface area contributed by atoms with Gasteiger partial charge in [-0.15, -0.1) is 0 Å². The molecule has 1 aromatic carbocycles. The lowest BCUT2D eigenvalue weighted by molar-refractivity contribution is 0.160. The number of piperidine rings is 1. The third kappa shape index (κ3) is 3.18. The first-order valence-corrected chi connectivity index (χ1v) is 6.36. The van der Waals surface area contributed by atoms with E-state index in [-0.39, 0.29) is 11.9 Å². The van der Waals surface area contributed by atoms with Crippen molar-refractivity contribution >= 4 is 11.6 Å². The van der Waals surface area contributed by atoms with E-state index in [1.165, 1.54) is 6.07 Å². The summed E-state index contributed by atoms with van der Waals surface area (Å²) in [7, 11) is 0. The molecule has 1 aliphatic heterocycles. The number of hydrogen-bond donors (Lipinski definition) is 1. The minimum Gasteiger partial charge on any atom is -0.326 e. The molecule has 2 rings (SSSR count). The van der Waals surface area contributed by atoms with Crippen molar-refractivity contribution in [3.63, 3.8) is 0 Å². The monoisotopic (exact) mass is 256 g/mol. The van der Waals surface area contributed by atoms with Crippen LogP contribution in [0.25, 0.3) is 0 Å². The van der Waals surface area contributed by atoms with E-state index in [1.54, 1.807) is 12.1 Å². The van der Waals surface area contributed by atoms with E-state index in [1.807, 2.05) is 0 Å². The molecule has 1 saturated heterocycles. The van der Waals surface area contributed by atoms with Gasteiger partial charge in [-0.1, -0.05) is 18.5 Å². The lowest BCUT2D eigenvalue weighted by atomic mass is 9.94. The van der Waals surface area contributed by atoms with Gasteiger partial charge in [0.1, 0.15) is 5.82 Å². The summed E-state index contributed by atoms with van der Waals surface area (Å²) >= 11 is 5.88. The Labute approximate surface area is 107 Å². The van der Waals surface area contributed by atoms with Gasteiger partial charge < -0.3 is 5.73 Å². The second-order valence-corrected chi connectivity index (χ2v) is 5.34. The third-order valence-corrected chi connectivity index (χ3v) is 3.74. The normalized spacial score (nSPS) is 26.1. The van der Waals surface area contributed by atoms with Crippen molar-refractivity contribution in [1.82, 2.24) is 4.90 Å². The van der Waals surface area contributed by atoms with Crippen LogP contribution in [-0.4, -0.2) is 24.0 Å². The highest BCUT2D eigenvalue weighted by atomic mass is 35.5. The minimum absolute atomic E-state index is 0.186. The molecule has 94 valence electrons. The third-order valence-electron chi connectivity index (χ3n) is 3.50. The number of benzene rings is 1. The molecule has 0 aliphatic carbocycles. The summed E-state index contributed by atoms with van der Waals surface area (Å²) in [5.41, 5.74) is 6.68. The molecule has 1 aliphatic rings. The second-order valence-electron chi connectivity index (χ2n) is 4.90. The first kappa shape index (κ1) is 12.8. The fourth-order valence-corrected chi connectivity index (χ4v) is 2.41. The van der Waals surface area contributed by atoms with Gasteiger partial charge in [-0.3, -0.25) is 4.90 Å². The smallest absolute Gasteiger partial charge is 0.127 e. The molecule has 4 heteroatoms. The summed E-state index contributed by atoms with van der Waals surface area (Å²) in [6.07, 6.45) is 1.07. The van der Waals surface area contributed by atoms with Crippen LogP contribution in [0, 0.1) is 11.7 Å². The molecule has 0 amide bonds. The molecule has 0 spiro atoms. The predicted octanol–water partition coefficient (Wildman–Crippen LogP) is 2.65. The van der Waals surface area contributed by atoms with Gasteiger partial charge in [-0.05, 0) is 37.1 Å². The SMILES string of the molecule is CC1CCN(Cc2cc(Cl)ccc2F)CC1N. The van der Waals surface area contributed by atoms with Crippen molar-refractivity contribution in [2.75, 3.05) is 13.1 Å². The Kier molecular flexibility index (Phi) is 4.02. The first-order chi connectivity index (χ1) is 8.06. The molecule has 17 heavy (non-hydrogen) atoms. The van der Waals surface area contributed by atoms with E-state index in [0.29, 0.717) is 23.0 Å². The summed E-state index contributed by atoms with van der Waals surface area (Å²) < 4.78 is 13.6. The summed E-state index contributed by atoms with van der Waals surface area (Å²) in [5.74, 6) is 0.358. The Hall–Kier alpha value is -0.640. The Morgan fingerprint density at radius 3 is 3.00 bits per heavy atom. The maximum atomic E-state index is 13.6. The van der Waals surface area contributed by atoms with Gasteiger partial charge in [0.15, 0.2) is 0 Å².